The lowest BCUT2D eigenvalue weighted by Crippen LogP contribution is -2.36. The zero-order valence-corrected chi connectivity index (χ0v) is 13.1. The number of carboxylic acids is 1. The molecule has 21 heavy (non-hydrogen) atoms. The number of hydrogen-bond donors (Lipinski definition) is 3. The van der Waals surface area contributed by atoms with Crippen LogP contribution in [-0.4, -0.2) is 34.7 Å². The van der Waals surface area contributed by atoms with Crippen molar-refractivity contribution in [1.29, 1.82) is 0 Å². The third-order valence-electron chi connectivity index (χ3n) is 3.46. The first-order valence-corrected chi connectivity index (χ1v) is 8.28. The monoisotopic (exact) mass is 328 g/mol. The number of carbonyl (C=O) groups excluding carboxylic acids is 1. The molecule has 1 aromatic rings. The summed E-state index contributed by atoms with van der Waals surface area (Å²) in [6.45, 7) is 0. The van der Waals surface area contributed by atoms with Crippen molar-refractivity contribution < 1.29 is 14.7 Å². The first-order chi connectivity index (χ1) is 9.97. The van der Waals surface area contributed by atoms with Crippen LogP contribution in [0.25, 0.3) is 0 Å². The Bertz CT molecular complexity index is 553. The smallest absolute Gasteiger partial charge is 0.335 e. The fourth-order valence-corrected chi connectivity index (χ4v) is 3.45. The fraction of sp³-hybridized carbons (Fsp3) is 0.429. The maximum Gasteiger partial charge on any atom is 0.335 e. The van der Waals surface area contributed by atoms with Crippen molar-refractivity contribution in [3.05, 3.63) is 28.8 Å². The third-order valence-corrected chi connectivity index (χ3v) is 4.77. The van der Waals surface area contributed by atoms with Gasteiger partial charge in [0.05, 0.1) is 5.56 Å². The molecule has 1 saturated carbocycles. The second-order valence-electron chi connectivity index (χ2n) is 5.00. The molecule has 2 atom stereocenters. The molecular formula is C14H17ClN2O3S. The minimum atomic E-state index is -1.08. The average Bonchev–Trinajstić information content (AvgIpc) is 2.85. The van der Waals surface area contributed by atoms with Gasteiger partial charge in [0.2, 0.25) is 0 Å². The zero-order valence-electron chi connectivity index (χ0n) is 11.6. The highest BCUT2D eigenvalue weighted by Gasteiger charge is 2.25. The van der Waals surface area contributed by atoms with E-state index in [4.69, 9.17) is 16.7 Å². The van der Waals surface area contributed by atoms with E-state index in [0.29, 0.717) is 10.9 Å². The van der Waals surface area contributed by atoms with Gasteiger partial charge in [-0.15, -0.1) is 0 Å². The van der Waals surface area contributed by atoms with Gasteiger partial charge >= 0.3 is 12.0 Å². The number of halogens is 1. The quantitative estimate of drug-likeness (QED) is 0.791. The van der Waals surface area contributed by atoms with Crippen LogP contribution in [0.2, 0.25) is 5.02 Å². The minimum Gasteiger partial charge on any atom is -0.478 e. The van der Waals surface area contributed by atoms with E-state index in [9.17, 15) is 9.59 Å². The highest BCUT2D eigenvalue weighted by Crippen LogP contribution is 2.28. The number of thioether (sulfide) groups is 1. The normalized spacial score (nSPS) is 21.0. The first-order valence-electron chi connectivity index (χ1n) is 6.62. The number of aromatic carboxylic acids is 1. The molecule has 2 amide bonds. The summed E-state index contributed by atoms with van der Waals surface area (Å²) >= 11 is 7.67. The summed E-state index contributed by atoms with van der Waals surface area (Å²) < 4.78 is 0. The van der Waals surface area contributed by atoms with E-state index in [1.807, 2.05) is 11.8 Å². The van der Waals surface area contributed by atoms with Gasteiger partial charge in [-0.05, 0) is 43.7 Å². The van der Waals surface area contributed by atoms with Gasteiger partial charge in [0.15, 0.2) is 0 Å². The number of hydrogen-bond acceptors (Lipinski definition) is 3. The standard InChI is InChI=1S/C14H17ClN2O3S/c1-21-12-3-2-10(7-12)16-14(20)17-11-5-8(13(18)19)4-9(15)6-11/h4-6,10,12H,2-3,7H2,1H3,(H,18,19)(H2,16,17,20). The maximum atomic E-state index is 11.9. The highest BCUT2D eigenvalue weighted by molar-refractivity contribution is 7.99. The number of urea groups is 1. The van der Waals surface area contributed by atoms with E-state index in [0.717, 1.165) is 19.3 Å². The van der Waals surface area contributed by atoms with Crippen LogP contribution < -0.4 is 10.6 Å². The van der Waals surface area contributed by atoms with Crippen molar-refractivity contribution in [1.82, 2.24) is 5.32 Å². The lowest BCUT2D eigenvalue weighted by Gasteiger charge is -2.14. The minimum absolute atomic E-state index is 0.0427. The molecule has 1 aliphatic carbocycles. The molecule has 0 spiro atoms. The largest absolute Gasteiger partial charge is 0.478 e. The average molecular weight is 329 g/mol. The van der Waals surface area contributed by atoms with Crippen LogP contribution in [0.4, 0.5) is 10.5 Å². The van der Waals surface area contributed by atoms with Crippen molar-refractivity contribution >= 4 is 41.1 Å². The van der Waals surface area contributed by atoms with Gasteiger partial charge in [-0.3, -0.25) is 0 Å². The van der Waals surface area contributed by atoms with Crippen LogP contribution in [0.3, 0.4) is 0 Å². The summed E-state index contributed by atoms with van der Waals surface area (Å²) in [7, 11) is 0. The summed E-state index contributed by atoms with van der Waals surface area (Å²) in [5.41, 5.74) is 0.415. The summed E-state index contributed by atoms with van der Waals surface area (Å²) in [5.74, 6) is -1.08. The lowest BCUT2D eigenvalue weighted by atomic mass is 10.2. The number of carbonyl (C=O) groups is 2. The third kappa shape index (κ3) is 4.54. The molecule has 1 aromatic carbocycles. The van der Waals surface area contributed by atoms with Gasteiger partial charge in [-0.2, -0.15) is 11.8 Å². The van der Waals surface area contributed by atoms with Gasteiger partial charge < -0.3 is 15.7 Å². The first kappa shape index (κ1) is 16.0. The number of anilines is 1. The molecule has 3 N–H and O–H groups in total. The molecule has 0 aromatic heterocycles. The Morgan fingerprint density at radius 2 is 2.10 bits per heavy atom. The van der Waals surface area contributed by atoms with E-state index in [1.54, 1.807) is 0 Å². The molecular weight excluding hydrogens is 312 g/mol. The van der Waals surface area contributed by atoms with E-state index in [-0.39, 0.29) is 22.7 Å². The molecule has 0 saturated heterocycles. The molecule has 0 radical (unpaired) electrons. The van der Waals surface area contributed by atoms with E-state index < -0.39 is 5.97 Å². The van der Waals surface area contributed by atoms with E-state index >= 15 is 0 Å². The fourth-order valence-electron chi connectivity index (χ4n) is 2.42. The van der Waals surface area contributed by atoms with Crippen LogP contribution in [0.1, 0.15) is 29.6 Å². The molecule has 1 fully saturated rings. The van der Waals surface area contributed by atoms with Crippen LogP contribution in [0.5, 0.6) is 0 Å². The molecule has 1 aliphatic rings. The van der Waals surface area contributed by atoms with Crippen molar-refractivity contribution in [2.75, 3.05) is 11.6 Å². The van der Waals surface area contributed by atoms with Gasteiger partial charge in [0.1, 0.15) is 0 Å². The molecule has 5 nitrogen and oxygen atoms in total. The predicted octanol–water partition coefficient (Wildman–Crippen LogP) is 3.44. The van der Waals surface area contributed by atoms with Gasteiger partial charge in [-0.25, -0.2) is 9.59 Å². The van der Waals surface area contributed by atoms with Crippen molar-refractivity contribution in [2.45, 2.75) is 30.6 Å². The van der Waals surface area contributed by atoms with Crippen molar-refractivity contribution in [3.63, 3.8) is 0 Å². The van der Waals surface area contributed by atoms with E-state index in [1.165, 1.54) is 18.2 Å². The van der Waals surface area contributed by atoms with Crippen LogP contribution in [0.15, 0.2) is 18.2 Å². The SMILES string of the molecule is CSC1CCC(NC(=O)Nc2cc(Cl)cc(C(=O)O)c2)C1. The number of benzene rings is 1. The van der Waals surface area contributed by atoms with Crippen LogP contribution >= 0.6 is 23.4 Å². The van der Waals surface area contributed by atoms with E-state index in [2.05, 4.69) is 16.9 Å². The molecule has 2 rings (SSSR count). The number of amides is 2. The number of carboxylic acid groups (broad SMARTS) is 1. The Labute approximate surface area is 132 Å². The second kappa shape index (κ2) is 7.04. The summed E-state index contributed by atoms with van der Waals surface area (Å²) in [6, 6.07) is 4.08. The maximum absolute atomic E-state index is 11.9. The van der Waals surface area contributed by atoms with Crippen LogP contribution in [-0.2, 0) is 0 Å². The van der Waals surface area contributed by atoms with Gasteiger partial charge in [0.25, 0.3) is 0 Å². The number of nitrogens with one attached hydrogen (secondary N) is 2. The predicted molar refractivity (Wildman–Crippen MR) is 85.5 cm³/mol. The molecule has 2 unspecified atom stereocenters. The van der Waals surface area contributed by atoms with Crippen LogP contribution in [0, 0.1) is 0 Å². The Hall–Kier alpha value is -1.40. The Morgan fingerprint density at radius 1 is 1.33 bits per heavy atom. The Balaban J connectivity index is 1.95. The Kier molecular flexibility index (Phi) is 5.36. The van der Waals surface area contributed by atoms with Crippen molar-refractivity contribution in [2.24, 2.45) is 0 Å². The molecule has 0 aliphatic heterocycles. The van der Waals surface area contributed by atoms with Gasteiger partial charge in [0, 0.05) is 22.0 Å². The topological polar surface area (TPSA) is 78.4 Å². The second-order valence-corrected chi connectivity index (χ2v) is 6.57. The summed E-state index contributed by atoms with van der Waals surface area (Å²) in [6.07, 6.45) is 5.11. The summed E-state index contributed by atoms with van der Waals surface area (Å²) in [4.78, 5) is 22.9. The van der Waals surface area contributed by atoms with Gasteiger partial charge in [-0.1, -0.05) is 11.6 Å². The summed E-state index contributed by atoms with van der Waals surface area (Å²) in [5, 5.41) is 15.4. The Morgan fingerprint density at radius 3 is 2.71 bits per heavy atom. The molecule has 7 heteroatoms. The molecule has 114 valence electrons. The molecule has 0 heterocycles. The highest BCUT2D eigenvalue weighted by atomic mass is 35.5. The zero-order chi connectivity index (χ0) is 15.4. The number of rotatable bonds is 4. The lowest BCUT2D eigenvalue weighted by molar-refractivity contribution is 0.0697. The van der Waals surface area contributed by atoms with Crippen molar-refractivity contribution in [3.8, 4) is 0 Å². The molecule has 0 bridgehead atoms.